The van der Waals surface area contributed by atoms with Gasteiger partial charge in [-0.05, 0) is 70.1 Å². The highest BCUT2D eigenvalue weighted by atomic mass is 16.5. The number of benzene rings is 1. The molecule has 0 bridgehead atoms. The van der Waals surface area contributed by atoms with Crippen molar-refractivity contribution in [3.05, 3.63) is 47.9 Å². The Hall–Kier alpha value is -3.00. The zero-order valence-electron chi connectivity index (χ0n) is 18.9. The van der Waals surface area contributed by atoms with Gasteiger partial charge in [-0.2, -0.15) is 0 Å². The number of nitrogens with one attached hydrogen (secondary N) is 2. The zero-order chi connectivity index (χ0) is 22.8. The summed E-state index contributed by atoms with van der Waals surface area (Å²) in [5.41, 5.74) is 0.409. The van der Waals surface area contributed by atoms with E-state index in [9.17, 15) is 9.59 Å². The first-order valence-electron chi connectivity index (χ1n) is 11.3. The number of carbonyl (C=O) groups is 2. The molecular weight excluding hydrogens is 410 g/mol. The molecule has 1 atom stereocenters. The lowest BCUT2D eigenvalue weighted by molar-refractivity contribution is -0.120. The maximum atomic E-state index is 12.5. The summed E-state index contributed by atoms with van der Waals surface area (Å²) < 4.78 is 16.7. The first kappa shape index (κ1) is 23.7. The number of likely N-dealkylation sites (tertiary alicyclic amines) is 1. The summed E-state index contributed by atoms with van der Waals surface area (Å²) in [5.74, 6) is 1.35. The fourth-order valence-electron chi connectivity index (χ4n) is 3.85. The van der Waals surface area contributed by atoms with Crippen LogP contribution in [-0.2, 0) is 4.79 Å². The number of nitrogens with zero attached hydrogens (tertiary/aromatic N) is 1. The Kier molecular flexibility index (Phi) is 8.98. The van der Waals surface area contributed by atoms with E-state index in [2.05, 4.69) is 15.5 Å². The number of hydrogen-bond donors (Lipinski definition) is 2. The Labute approximate surface area is 189 Å². The van der Waals surface area contributed by atoms with Crippen LogP contribution in [0.5, 0.6) is 11.5 Å². The molecule has 0 saturated carbocycles. The lowest BCUT2D eigenvalue weighted by Gasteiger charge is -2.33. The molecule has 3 rings (SSSR count). The number of ether oxygens (including phenoxy) is 2. The third-order valence-electron chi connectivity index (χ3n) is 5.41. The van der Waals surface area contributed by atoms with Gasteiger partial charge in [0.1, 0.15) is 5.76 Å². The average Bonchev–Trinajstić information content (AvgIpc) is 3.34. The summed E-state index contributed by atoms with van der Waals surface area (Å²) in [6, 6.07) is 8.78. The number of hydrogen-bond acceptors (Lipinski definition) is 6. The molecule has 1 saturated heterocycles. The normalized spacial score (nSPS) is 15.1. The molecule has 1 aromatic carbocycles. The lowest BCUT2D eigenvalue weighted by Crippen LogP contribution is -2.43. The van der Waals surface area contributed by atoms with E-state index < -0.39 is 0 Å². The molecule has 2 N–H and O–H groups in total. The van der Waals surface area contributed by atoms with Crippen LogP contribution in [0.1, 0.15) is 55.3 Å². The van der Waals surface area contributed by atoms with Crippen molar-refractivity contribution in [3.63, 3.8) is 0 Å². The first-order chi connectivity index (χ1) is 15.6. The second-order valence-corrected chi connectivity index (χ2v) is 7.64. The van der Waals surface area contributed by atoms with Crippen molar-refractivity contribution in [1.82, 2.24) is 15.5 Å². The monoisotopic (exact) mass is 443 g/mol. The van der Waals surface area contributed by atoms with Gasteiger partial charge in [0.15, 0.2) is 11.5 Å². The molecule has 0 aliphatic carbocycles. The highest BCUT2D eigenvalue weighted by molar-refractivity contribution is 5.97. The highest BCUT2D eigenvalue weighted by Crippen LogP contribution is 2.28. The van der Waals surface area contributed by atoms with Gasteiger partial charge in [-0.25, -0.2) is 0 Å². The number of rotatable bonds is 11. The Balaban J connectivity index is 1.53. The van der Waals surface area contributed by atoms with E-state index >= 15 is 0 Å². The summed E-state index contributed by atoms with van der Waals surface area (Å²) in [5, 5.41) is 5.61. The summed E-state index contributed by atoms with van der Waals surface area (Å²) >= 11 is 0. The minimum absolute atomic E-state index is 0.00943. The molecule has 2 amide bonds. The molecule has 1 aliphatic rings. The van der Waals surface area contributed by atoms with Crippen molar-refractivity contribution in [2.75, 3.05) is 39.4 Å². The topological polar surface area (TPSA) is 93.0 Å². The van der Waals surface area contributed by atoms with E-state index in [0.29, 0.717) is 36.8 Å². The van der Waals surface area contributed by atoms with Crippen molar-refractivity contribution in [3.8, 4) is 11.5 Å². The van der Waals surface area contributed by atoms with Crippen LogP contribution in [0.15, 0.2) is 41.0 Å². The van der Waals surface area contributed by atoms with Gasteiger partial charge in [-0.3, -0.25) is 14.5 Å². The van der Waals surface area contributed by atoms with Crippen LogP contribution in [0.4, 0.5) is 0 Å². The predicted octanol–water partition coefficient (Wildman–Crippen LogP) is 3.15. The molecular formula is C24H33N3O5. The number of furan rings is 1. The maximum Gasteiger partial charge on any atom is 0.251 e. The van der Waals surface area contributed by atoms with E-state index in [1.165, 1.54) is 6.42 Å². The molecule has 8 heteroatoms. The second kappa shape index (κ2) is 12.1. The van der Waals surface area contributed by atoms with Crippen molar-refractivity contribution in [1.29, 1.82) is 0 Å². The summed E-state index contributed by atoms with van der Waals surface area (Å²) in [6.07, 6.45) is 5.18. The fourth-order valence-corrected chi connectivity index (χ4v) is 3.85. The molecule has 0 spiro atoms. The quantitative estimate of drug-likeness (QED) is 0.554. The molecule has 0 radical (unpaired) electrons. The summed E-state index contributed by atoms with van der Waals surface area (Å²) in [6.45, 7) is 7.00. The molecule has 2 aromatic rings. The minimum atomic E-state index is -0.345. The van der Waals surface area contributed by atoms with Crippen LogP contribution in [0.3, 0.4) is 0 Å². The van der Waals surface area contributed by atoms with Crippen molar-refractivity contribution < 1.29 is 23.5 Å². The van der Waals surface area contributed by atoms with Crippen LogP contribution in [0.25, 0.3) is 0 Å². The fraction of sp³-hybridized carbons (Fsp3) is 0.500. The predicted molar refractivity (Wildman–Crippen MR) is 121 cm³/mol. The Bertz CT molecular complexity index is 863. The Morgan fingerprint density at radius 1 is 1.03 bits per heavy atom. The van der Waals surface area contributed by atoms with Crippen LogP contribution in [0, 0.1) is 0 Å². The highest BCUT2D eigenvalue weighted by Gasteiger charge is 2.25. The van der Waals surface area contributed by atoms with E-state index in [1.807, 2.05) is 26.0 Å². The SMILES string of the molecule is CCOc1ccc(C(=O)NCC(=O)NC[C@@H](c2ccco2)N2CCCCC2)cc1OCC. The zero-order valence-corrected chi connectivity index (χ0v) is 18.9. The molecule has 1 fully saturated rings. The van der Waals surface area contributed by atoms with Gasteiger partial charge in [-0.15, -0.1) is 0 Å². The van der Waals surface area contributed by atoms with Gasteiger partial charge < -0.3 is 24.5 Å². The molecule has 32 heavy (non-hydrogen) atoms. The van der Waals surface area contributed by atoms with Crippen LogP contribution >= 0.6 is 0 Å². The van der Waals surface area contributed by atoms with E-state index in [4.69, 9.17) is 13.9 Å². The molecule has 2 heterocycles. The Morgan fingerprint density at radius 2 is 1.78 bits per heavy atom. The summed E-state index contributed by atoms with van der Waals surface area (Å²) in [7, 11) is 0. The lowest BCUT2D eigenvalue weighted by atomic mass is 10.1. The van der Waals surface area contributed by atoms with Gasteiger partial charge in [0.2, 0.25) is 5.91 Å². The van der Waals surface area contributed by atoms with E-state index in [0.717, 1.165) is 31.7 Å². The number of piperidine rings is 1. The number of carbonyl (C=O) groups excluding carboxylic acids is 2. The van der Waals surface area contributed by atoms with Gasteiger partial charge >= 0.3 is 0 Å². The van der Waals surface area contributed by atoms with E-state index in [1.54, 1.807) is 24.5 Å². The smallest absolute Gasteiger partial charge is 0.251 e. The molecule has 0 unspecified atom stereocenters. The minimum Gasteiger partial charge on any atom is -0.490 e. The van der Waals surface area contributed by atoms with Crippen LogP contribution in [0.2, 0.25) is 0 Å². The van der Waals surface area contributed by atoms with Crippen molar-refractivity contribution >= 4 is 11.8 Å². The second-order valence-electron chi connectivity index (χ2n) is 7.64. The molecule has 174 valence electrons. The van der Waals surface area contributed by atoms with Gasteiger partial charge in [-0.1, -0.05) is 6.42 Å². The number of amides is 2. The maximum absolute atomic E-state index is 12.5. The van der Waals surface area contributed by atoms with Crippen molar-refractivity contribution in [2.45, 2.75) is 39.2 Å². The molecule has 1 aromatic heterocycles. The van der Waals surface area contributed by atoms with Gasteiger partial charge in [0, 0.05) is 12.1 Å². The standard InChI is InChI=1S/C24H33N3O5/c1-3-30-21-11-10-18(15-22(21)31-4-2)24(29)26-17-23(28)25-16-19(20-9-8-14-32-20)27-12-6-5-7-13-27/h8-11,14-15,19H,3-7,12-13,16-17H2,1-2H3,(H,25,28)(H,26,29)/t19-/m0/s1. The summed E-state index contributed by atoms with van der Waals surface area (Å²) in [4.78, 5) is 27.3. The van der Waals surface area contributed by atoms with E-state index in [-0.39, 0.29) is 24.4 Å². The van der Waals surface area contributed by atoms with Gasteiger partial charge in [0.05, 0.1) is 32.1 Å². The van der Waals surface area contributed by atoms with Crippen LogP contribution < -0.4 is 20.1 Å². The van der Waals surface area contributed by atoms with Crippen molar-refractivity contribution in [2.24, 2.45) is 0 Å². The largest absolute Gasteiger partial charge is 0.490 e. The third-order valence-corrected chi connectivity index (χ3v) is 5.41. The van der Waals surface area contributed by atoms with Gasteiger partial charge in [0.25, 0.3) is 5.91 Å². The van der Waals surface area contributed by atoms with Crippen LogP contribution in [-0.4, -0.2) is 56.1 Å². The molecule has 8 nitrogen and oxygen atoms in total. The third kappa shape index (κ3) is 6.50. The molecule has 1 aliphatic heterocycles. The Morgan fingerprint density at radius 3 is 2.47 bits per heavy atom. The average molecular weight is 444 g/mol. The first-order valence-corrected chi connectivity index (χ1v) is 11.3.